The molecule has 1 aromatic carbocycles. The van der Waals surface area contributed by atoms with Crippen molar-refractivity contribution in [2.45, 2.75) is 63.2 Å². The van der Waals surface area contributed by atoms with Crippen LogP contribution in [-0.4, -0.2) is 22.6 Å². The van der Waals surface area contributed by atoms with Gasteiger partial charge in [0, 0.05) is 0 Å². The van der Waals surface area contributed by atoms with E-state index in [9.17, 15) is 0 Å². The highest BCUT2D eigenvalue weighted by atomic mass is 31.1. The Kier molecular flexibility index (Phi) is 3.55. The van der Waals surface area contributed by atoms with Gasteiger partial charge in [0.1, 0.15) is 0 Å². The van der Waals surface area contributed by atoms with E-state index < -0.39 is 0 Å². The quantitative estimate of drug-likeness (QED) is 0.709. The number of hydrogen-bond donors (Lipinski definition) is 0. The second-order valence-corrected chi connectivity index (χ2v) is 12.3. The van der Waals surface area contributed by atoms with E-state index in [0.717, 1.165) is 22.6 Å². The summed E-state index contributed by atoms with van der Waals surface area (Å²) in [5.41, 5.74) is 3.83. The van der Waals surface area contributed by atoms with Crippen molar-refractivity contribution in [3.8, 4) is 0 Å². The van der Waals surface area contributed by atoms with Crippen molar-refractivity contribution >= 4 is 26.5 Å². The van der Waals surface area contributed by atoms with Crippen LogP contribution in [0.5, 0.6) is 0 Å². The third-order valence-electron chi connectivity index (χ3n) is 4.70. The lowest BCUT2D eigenvalue weighted by atomic mass is 10.2. The first kappa shape index (κ1) is 13.1. The van der Waals surface area contributed by atoms with Crippen LogP contribution in [0.15, 0.2) is 24.3 Å². The zero-order chi connectivity index (χ0) is 12.9. The first-order valence-corrected chi connectivity index (χ1v) is 10.2. The van der Waals surface area contributed by atoms with Crippen molar-refractivity contribution in [3.63, 3.8) is 0 Å². The van der Waals surface area contributed by atoms with Crippen molar-refractivity contribution in [1.29, 1.82) is 0 Å². The highest BCUT2D eigenvalue weighted by molar-refractivity contribution is 7.74. The molecule has 3 rings (SSSR count). The van der Waals surface area contributed by atoms with Gasteiger partial charge in [-0.15, -0.1) is 0 Å². The largest absolute Gasteiger partial charge is 0.0688 e. The van der Waals surface area contributed by atoms with E-state index in [-0.39, 0.29) is 15.8 Å². The van der Waals surface area contributed by atoms with E-state index in [4.69, 9.17) is 0 Å². The van der Waals surface area contributed by atoms with E-state index in [1.165, 1.54) is 12.8 Å². The average Bonchev–Trinajstić information content (AvgIpc) is 2.31. The van der Waals surface area contributed by atoms with Crippen LogP contribution in [0.1, 0.15) is 40.5 Å². The number of hydrogen-bond acceptors (Lipinski definition) is 0. The Bertz CT molecular complexity index is 385. The molecular weight excluding hydrogens is 254 g/mol. The molecule has 0 saturated carbocycles. The second-order valence-electron chi connectivity index (χ2n) is 6.17. The van der Waals surface area contributed by atoms with E-state index in [2.05, 4.69) is 52.0 Å². The first-order chi connectivity index (χ1) is 8.59. The zero-order valence-corrected chi connectivity index (χ0v) is 13.7. The molecule has 0 aromatic heterocycles. The second kappa shape index (κ2) is 4.88. The van der Waals surface area contributed by atoms with Gasteiger partial charge in [0.05, 0.1) is 0 Å². The molecule has 0 aliphatic carbocycles. The smallest absolute Gasteiger partial charge is 0.0158 e. The molecule has 2 fully saturated rings. The third kappa shape index (κ3) is 1.97. The van der Waals surface area contributed by atoms with Gasteiger partial charge in [-0.05, 0) is 46.1 Å². The van der Waals surface area contributed by atoms with Crippen molar-refractivity contribution in [1.82, 2.24) is 0 Å². The topological polar surface area (TPSA) is 0 Å². The number of rotatable bonds is 2. The Labute approximate surface area is 114 Å². The highest BCUT2D eigenvalue weighted by Crippen LogP contribution is 2.62. The Hall–Kier alpha value is 0.0800. The van der Waals surface area contributed by atoms with Gasteiger partial charge in [0.25, 0.3) is 0 Å². The van der Waals surface area contributed by atoms with Crippen LogP contribution < -0.4 is 10.6 Å². The Morgan fingerprint density at radius 2 is 1.06 bits per heavy atom. The van der Waals surface area contributed by atoms with Gasteiger partial charge in [-0.3, -0.25) is 0 Å². The van der Waals surface area contributed by atoms with Crippen molar-refractivity contribution in [2.24, 2.45) is 0 Å². The van der Waals surface area contributed by atoms with Crippen LogP contribution in [-0.2, 0) is 0 Å². The summed E-state index contributed by atoms with van der Waals surface area (Å²) in [6.45, 7) is 9.85. The standard InChI is InChI=1S/C16H24P2/c1-11-9-12(2)17(11)15-7-5-6-8-16(15)18-13(3)10-14(18)4/h5-8,11-14H,9-10H2,1-4H3/t11-,12-,13-,14-/m0/s1. The lowest BCUT2D eigenvalue weighted by molar-refractivity contribution is 0.711. The molecule has 0 N–H and O–H groups in total. The minimum Gasteiger partial charge on any atom is -0.0688 e. The Morgan fingerprint density at radius 3 is 1.33 bits per heavy atom. The van der Waals surface area contributed by atoms with Gasteiger partial charge < -0.3 is 0 Å². The summed E-state index contributed by atoms with van der Waals surface area (Å²) in [5, 5.41) is 3.53. The van der Waals surface area contributed by atoms with Gasteiger partial charge in [-0.1, -0.05) is 67.8 Å². The molecule has 2 aliphatic rings. The molecule has 0 radical (unpaired) electrons. The van der Waals surface area contributed by atoms with Gasteiger partial charge in [0.15, 0.2) is 0 Å². The molecule has 98 valence electrons. The van der Waals surface area contributed by atoms with E-state index >= 15 is 0 Å². The molecule has 2 heterocycles. The van der Waals surface area contributed by atoms with E-state index in [1.807, 2.05) is 0 Å². The molecule has 18 heavy (non-hydrogen) atoms. The minimum atomic E-state index is 0.138. The molecule has 0 amide bonds. The lowest BCUT2D eigenvalue weighted by Crippen LogP contribution is -2.41. The maximum atomic E-state index is 2.46. The SMILES string of the molecule is C[C@H]1C[C@H](C)P1c1ccccc1P1[C@@H](C)C[C@@H]1C. The monoisotopic (exact) mass is 278 g/mol. The van der Waals surface area contributed by atoms with E-state index in [0.29, 0.717) is 0 Å². The predicted octanol–water partition coefficient (Wildman–Crippen LogP) is 4.26. The maximum absolute atomic E-state index is 2.46. The summed E-state index contributed by atoms with van der Waals surface area (Å²) in [6.07, 6.45) is 2.89. The van der Waals surface area contributed by atoms with Crippen LogP contribution in [0.3, 0.4) is 0 Å². The van der Waals surface area contributed by atoms with Gasteiger partial charge >= 0.3 is 0 Å². The van der Waals surface area contributed by atoms with Gasteiger partial charge in [-0.2, -0.15) is 0 Å². The van der Waals surface area contributed by atoms with Crippen LogP contribution in [0.4, 0.5) is 0 Å². The Balaban J connectivity index is 1.95. The maximum Gasteiger partial charge on any atom is -0.0158 e. The van der Waals surface area contributed by atoms with Crippen molar-refractivity contribution < 1.29 is 0 Å². The van der Waals surface area contributed by atoms with Crippen LogP contribution in [0.25, 0.3) is 0 Å². The number of benzene rings is 1. The summed E-state index contributed by atoms with van der Waals surface area (Å²) in [6, 6.07) is 9.44. The van der Waals surface area contributed by atoms with E-state index in [1.54, 1.807) is 10.6 Å². The summed E-state index contributed by atoms with van der Waals surface area (Å²) in [7, 11) is 0.275. The first-order valence-electron chi connectivity index (χ1n) is 7.25. The molecular formula is C16H24P2. The molecule has 1 aromatic rings. The van der Waals surface area contributed by atoms with Crippen molar-refractivity contribution in [2.75, 3.05) is 0 Å². The summed E-state index contributed by atoms with van der Waals surface area (Å²) in [5.74, 6) is 0. The molecule has 0 bridgehead atoms. The van der Waals surface area contributed by atoms with Gasteiger partial charge in [0.2, 0.25) is 0 Å². The minimum absolute atomic E-state index is 0.138. The summed E-state index contributed by atoms with van der Waals surface area (Å²) < 4.78 is 0. The summed E-state index contributed by atoms with van der Waals surface area (Å²) in [4.78, 5) is 0. The fraction of sp³-hybridized carbons (Fsp3) is 0.625. The molecule has 0 nitrogen and oxygen atoms in total. The summed E-state index contributed by atoms with van der Waals surface area (Å²) >= 11 is 0. The third-order valence-corrected chi connectivity index (χ3v) is 11.4. The van der Waals surface area contributed by atoms with Crippen LogP contribution in [0.2, 0.25) is 0 Å². The molecule has 2 aliphatic heterocycles. The zero-order valence-electron chi connectivity index (χ0n) is 11.9. The fourth-order valence-electron chi connectivity index (χ4n) is 3.89. The molecule has 0 unspecified atom stereocenters. The Morgan fingerprint density at radius 1 is 0.722 bits per heavy atom. The highest BCUT2D eigenvalue weighted by Gasteiger charge is 2.41. The molecule has 4 atom stereocenters. The van der Waals surface area contributed by atoms with Crippen LogP contribution in [0, 0.1) is 0 Å². The fourth-order valence-corrected chi connectivity index (χ4v) is 10.8. The average molecular weight is 278 g/mol. The normalized spacial score (nSPS) is 37.1. The lowest BCUT2D eigenvalue weighted by Gasteiger charge is -2.47. The molecule has 2 saturated heterocycles. The molecule has 0 spiro atoms. The van der Waals surface area contributed by atoms with Crippen LogP contribution >= 0.6 is 15.8 Å². The van der Waals surface area contributed by atoms with Gasteiger partial charge in [-0.25, -0.2) is 0 Å². The molecule has 2 heteroatoms. The van der Waals surface area contributed by atoms with Crippen molar-refractivity contribution in [3.05, 3.63) is 24.3 Å². The predicted molar refractivity (Wildman–Crippen MR) is 86.6 cm³/mol.